The van der Waals surface area contributed by atoms with Crippen LogP contribution >= 0.6 is 0 Å². The zero-order valence-corrected chi connectivity index (χ0v) is 9.07. The third-order valence-electron chi connectivity index (χ3n) is 3.23. The van der Waals surface area contributed by atoms with Crippen molar-refractivity contribution in [1.29, 1.82) is 0 Å². The molecule has 0 spiro atoms. The van der Waals surface area contributed by atoms with Gasteiger partial charge in [-0.15, -0.1) is 0 Å². The molecule has 1 heteroatoms. The van der Waals surface area contributed by atoms with Gasteiger partial charge in [-0.2, -0.15) is 0 Å². The van der Waals surface area contributed by atoms with E-state index in [4.69, 9.17) is 0 Å². The molecule has 1 aliphatic carbocycles. The highest BCUT2D eigenvalue weighted by Gasteiger charge is 2.20. The summed E-state index contributed by atoms with van der Waals surface area (Å²) >= 11 is 0. The molecule has 15 heavy (non-hydrogen) atoms. The lowest BCUT2D eigenvalue weighted by molar-refractivity contribution is -0.104. The van der Waals surface area contributed by atoms with E-state index in [2.05, 4.69) is 25.1 Å². The Morgan fingerprint density at radius 3 is 3.07 bits per heavy atom. The maximum absolute atomic E-state index is 10.2. The summed E-state index contributed by atoms with van der Waals surface area (Å²) < 4.78 is 0. The Kier molecular flexibility index (Phi) is 3.00. The summed E-state index contributed by atoms with van der Waals surface area (Å²) in [6.07, 6.45) is 7.95. The average molecular weight is 200 g/mol. The summed E-state index contributed by atoms with van der Waals surface area (Å²) in [5, 5.41) is 0. The molecule has 1 atom stereocenters. The number of carbonyl (C=O) groups is 1. The Morgan fingerprint density at radius 1 is 1.47 bits per heavy atom. The molecular weight excluding hydrogens is 184 g/mol. The second-order valence-corrected chi connectivity index (χ2v) is 4.10. The van der Waals surface area contributed by atoms with Gasteiger partial charge in [0, 0.05) is 0 Å². The third-order valence-corrected chi connectivity index (χ3v) is 3.23. The minimum Gasteiger partial charge on any atom is -0.299 e. The van der Waals surface area contributed by atoms with Crippen LogP contribution in [0.5, 0.6) is 0 Å². The van der Waals surface area contributed by atoms with Crippen molar-refractivity contribution < 1.29 is 4.79 Å². The number of rotatable bonds is 3. The highest BCUT2D eigenvalue weighted by atomic mass is 16.1. The average Bonchev–Trinajstić information content (AvgIpc) is 2.68. The summed E-state index contributed by atoms with van der Waals surface area (Å²) in [5.41, 5.74) is 4.12. The first-order chi connectivity index (χ1) is 7.35. The van der Waals surface area contributed by atoms with Crippen LogP contribution in [-0.2, 0) is 11.2 Å². The molecule has 1 aliphatic rings. The molecule has 0 aliphatic heterocycles. The minimum absolute atomic E-state index is 0.754. The SMILES string of the molecule is CCC1CCc2cc(C=CC=O)ccc21. The topological polar surface area (TPSA) is 17.1 Å². The normalized spacial score (nSPS) is 19.4. The lowest BCUT2D eigenvalue weighted by Crippen LogP contribution is -1.90. The van der Waals surface area contributed by atoms with E-state index in [1.54, 1.807) is 6.08 Å². The molecule has 78 valence electrons. The summed E-state index contributed by atoms with van der Waals surface area (Å²) in [5.74, 6) is 0.754. The van der Waals surface area contributed by atoms with Crippen LogP contribution in [0.4, 0.5) is 0 Å². The number of hydrogen-bond donors (Lipinski definition) is 0. The van der Waals surface area contributed by atoms with Gasteiger partial charge in [0.25, 0.3) is 0 Å². The number of aldehydes is 1. The number of allylic oxidation sites excluding steroid dienone is 1. The van der Waals surface area contributed by atoms with Gasteiger partial charge >= 0.3 is 0 Å². The number of aryl methyl sites for hydroxylation is 1. The molecule has 1 unspecified atom stereocenters. The second-order valence-electron chi connectivity index (χ2n) is 4.10. The Labute approximate surface area is 90.8 Å². The predicted molar refractivity (Wildman–Crippen MR) is 62.9 cm³/mol. The van der Waals surface area contributed by atoms with Crippen LogP contribution in [0, 0.1) is 0 Å². The quantitative estimate of drug-likeness (QED) is 0.540. The van der Waals surface area contributed by atoms with Crippen molar-refractivity contribution >= 4 is 12.4 Å². The first kappa shape index (κ1) is 10.2. The van der Waals surface area contributed by atoms with E-state index < -0.39 is 0 Å². The number of benzene rings is 1. The van der Waals surface area contributed by atoms with Crippen LogP contribution in [0.25, 0.3) is 6.08 Å². The van der Waals surface area contributed by atoms with Gasteiger partial charge < -0.3 is 0 Å². The van der Waals surface area contributed by atoms with E-state index in [9.17, 15) is 4.79 Å². The molecule has 0 aromatic heterocycles. The summed E-state index contributed by atoms with van der Waals surface area (Å²) in [4.78, 5) is 10.2. The predicted octanol–water partition coefficient (Wildman–Crippen LogP) is 3.34. The van der Waals surface area contributed by atoms with Gasteiger partial charge in [0.2, 0.25) is 0 Å². The first-order valence-corrected chi connectivity index (χ1v) is 5.59. The van der Waals surface area contributed by atoms with Gasteiger partial charge in [-0.25, -0.2) is 0 Å². The van der Waals surface area contributed by atoms with Crippen molar-refractivity contribution in [2.75, 3.05) is 0 Å². The van der Waals surface area contributed by atoms with E-state index in [-0.39, 0.29) is 0 Å². The molecule has 0 fully saturated rings. The monoisotopic (exact) mass is 200 g/mol. The summed E-state index contributed by atoms with van der Waals surface area (Å²) in [6.45, 7) is 2.25. The molecule has 0 radical (unpaired) electrons. The maximum atomic E-state index is 10.2. The molecule has 1 aromatic carbocycles. The lowest BCUT2D eigenvalue weighted by atomic mass is 9.98. The van der Waals surface area contributed by atoms with Crippen LogP contribution in [0.15, 0.2) is 24.3 Å². The molecule has 0 amide bonds. The van der Waals surface area contributed by atoms with E-state index in [1.807, 2.05) is 6.08 Å². The second kappa shape index (κ2) is 4.43. The maximum Gasteiger partial charge on any atom is 0.142 e. The molecular formula is C14H16O. The standard InChI is InChI=1S/C14H16O/c1-2-12-6-7-13-10-11(4-3-9-15)5-8-14(12)13/h3-5,8-10,12H,2,6-7H2,1H3. The molecule has 1 aromatic rings. The van der Waals surface area contributed by atoms with Crippen molar-refractivity contribution in [3.05, 3.63) is 41.0 Å². The molecule has 0 N–H and O–H groups in total. The zero-order valence-electron chi connectivity index (χ0n) is 9.07. The molecule has 0 bridgehead atoms. The van der Waals surface area contributed by atoms with Crippen LogP contribution in [-0.4, -0.2) is 6.29 Å². The fraction of sp³-hybridized carbons (Fsp3) is 0.357. The van der Waals surface area contributed by atoms with E-state index >= 15 is 0 Å². The number of hydrogen-bond acceptors (Lipinski definition) is 1. The van der Waals surface area contributed by atoms with E-state index in [1.165, 1.54) is 30.4 Å². The molecule has 1 nitrogen and oxygen atoms in total. The first-order valence-electron chi connectivity index (χ1n) is 5.59. The van der Waals surface area contributed by atoms with Gasteiger partial charge in [0.15, 0.2) is 0 Å². The fourth-order valence-corrected chi connectivity index (χ4v) is 2.40. The van der Waals surface area contributed by atoms with Crippen LogP contribution in [0.1, 0.15) is 42.4 Å². The Balaban J connectivity index is 2.28. The van der Waals surface area contributed by atoms with Crippen molar-refractivity contribution in [1.82, 2.24) is 0 Å². The smallest absolute Gasteiger partial charge is 0.142 e. The van der Waals surface area contributed by atoms with Crippen molar-refractivity contribution in [2.24, 2.45) is 0 Å². The lowest BCUT2D eigenvalue weighted by Gasteiger charge is -2.07. The Hall–Kier alpha value is -1.37. The van der Waals surface area contributed by atoms with Gasteiger partial charge in [-0.05, 0) is 47.9 Å². The third kappa shape index (κ3) is 2.01. The van der Waals surface area contributed by atoms with E-state index in [0.717, 1.165) is 17.8 Å². The number of carbonyl (C=O) groups excluding carboxylic acids is 1. The van der Waals surface area contributed by atoms with Crippen LogP contribution in [0.2, 0.25) is 0 Å². The van der Waals surface area contributed by atoms with Crippen molar-refractivity contribution in [3.63, 3.8) is 0 Å². The van der Waals surface area contributed by atoms with Crippen LogP contribution in [0.3, 0.4) is 0 Å². The molecule has 0 saturated carbocycles. The Bertz CT molecular complexity index is 390. The van der Waals surface area contributed by atoms with Crippen molar-refractivity contribution in [2.45, 2.75) is 32.1 Å². The zero-order chi connectivity index (χ0) is 10.7. The van der Waals surface area contributed by atoms with Gasteiger partial charge in [-0.1, -0.05) is 31.2 Å². The molecule has 0 heterocycles. The molecule has 2 rings (SSSR count). The highest BCUT2D eigenvalue weighted by Crippen LogP contribution is 2.35. The number of fused-ring (bicyclic) bond motifs is 1. The highest BCUT2D eigenvalue weighted by molar-refractivity contribution is 5.74. The van der Waals surface area contributed by atoms with Gasteiger partial charge in [-0.3, -0.25) is 4.79 Å². The fourth-order valence-electron chi connectivity index (χ4n) is 2.40. The summed E-state index contributed by atoms with van der Waals surface area (Å²) in [7, 11) is 0. The van der Waals surface area contributed by atoms with Gasteiger partial charge in [0.1, 0.15) is 6.29 Å². The van der Waals surface area contributed by atoms with Crippen molar-refractivity contribution in [3.8, 4) is 0 Å². The Morgan fingerprint density at radius 2 is 2.33 bits per heavy atom. The largest absolute Gasteiger partial charge is 0.299 e. The molecule has 0 saturated heterocycles. The van der Waals surface area contributed by atoms with Crippen LogP contribution < -0.4 is 0 Å². The summed E-state index contributed by atoms with van der Waals surface area (Å²) in [6, 6.07) is 6.54. The van der Waals surface area contributed by atoms with Gasteiger partial charge in [0.05, 0.1) is 0 Å². The van der Waals surface area contributed by atoms with E-state index in [0.29, 0.717) is 0 Å². The minimum atomic E-state index is 0.754.